The molecule has 3 nitrogen and oxygen atoms in total. The highest BCUT2D eigenvalue weighted by molar-refractivity contribution is 5.16. The van der Waals surface area contributed by atoms with Gasteiger partial charge in [-0.2, -0.15) is 5.10 Å². The number of nitrogens with zero attached hydrogens (tertiary/aromatic N) is 2. The minimum absolute atomic E-state index is 0.0511. The van der Waals surface area contributed by atoms with Crippen LogP contribution in [0.25, 0.3) is 0 Å². The zero-order valence-corrected chi connectivity index (χ0v) is 8.66. The molecule has 1 aromatic rings. The van der Waals surface area contributed by atoms with Crippen LogP contribution in [0.2, 0.25) is 0 Å². The maximum atomic E-state index is 5.28. The first-order chi connectivity index (χ1) is 5.98. The van der Waals surface area contributed by atoms with E-state index >= 15 is 0 Å². The molecule has 1 aliphatic rings. The number of hydrogen-bond donors (Lipinski definition) is 0. The molecule has 72 valence electrons. The highest BCUT2D eigenvalue weighted by Crippen LogP contribution is 2.32. The van der Waals surface area contributed by atoms with E-state index in [0.717, 1.165) is 12.3 Å². The largest absolute Gasteiger partial charge is 0.366 e. The standard InChI is InChI=1S/C10H16N2O/c1-7-5-8(9-6-13-9)12(11-7)10(2,3)4/h5,9H,6H2,1-4H3/t9-/m1/s1. The van der Waals surface area contributed by atoms with Crippen molar-refractivity contribution in [2.75, 3.05) is 6.61 Å². The smallest absolute Gasteiger partial charge is 0.123 e. The molecular weight excluding hydrogens is 164 g/mol. The second-order valence-corrected chi connectivity index (χ2v) is 4.62. The second kappa shape index (κ2) is 2.58. The summed E-state index contributed by atoms with van der Waals surface area (Å²) in [5.74, 6) is 0. The van der Waals surface area contributed by atoms with Crippen LogP contribution in [0.4, 0.5) is 0 Å². The lowest BCUT2D eigenvalue weighted by Gasteiger charge is -2.21. The van der Waals surface area contributed by atoms with Crippen LogP contribution in [0.5, 0.6) is 0 Å². The zero-order chi connectivity index (χ0) is 9.64. The summed E-state index contributed by atoms with van der Waals surface area (Å²) in [6.07, 6.45) is 0.292. The number of aryl methyl sites for hydroxylation is 1. The van der Waals surface area contributed by atoms with Gasteiger partial charge in [0.25, 0.3) is 0 Å². The van der Waals surface area contributed by atoms with Crippen molar-refractivity contribution in [1.29, 1.82) is 0 Å². The molecule has 0 saturated carbocycles. The summed E-state index contributed by atoms with van der Waals surface area (Å²) >= 11 is 0. The topological polar surface area (TPSA) is 30.4 Å². The Morgan fingerprint density at radius 2 is 2.15 bits per heavy atom. The first kappa shape index (κ1) is 8.75. The quantitative estimate of drug-likeness (QED) is 0.619. The summed E-state index contributed by atoms with van der Waals surface area (Å²) < 4.78 is 7.35. The van der Waals surface area contributed by atoms with Gasteiger partial charge < -0.3 is 4.74 Å². The maximum Gasteiger partial charge on any atom is 0.123 e. The fourth-order valence-electron chi connectivity index (χ4n) is 1.51. The van der Waals surface area contributed by atoms with E-state index in [1.165, 1.54) is 5.69 Å². The van der Waals surface area contributed by atoms with E-state index < -0.39 is 0 Å². The van der Waals surface area contributed by atoms with E-state index in [9.17, 15) is 0 Å². The van der Waals surface area contributed by atoms with Crippen LogP contribution >= 0.6 is 0 Å². The lowest BCUT2D eigenvalue weighted by molar-refractivity contribution is 0.320. The van der Waals surface area contributed by atoms with E-state index in [-0.39, 0.29) is 5.54 Å². The Morgan fingerprint density at radius 1 is 1.54 bits per heavy atom. The first-order valence-corrected chi connectivity index (χ1v) is 4.67. The van der Waals surface area contributed by atoms with Crippen LogP contribution in [-0.2, 0) is 10.3 Å². The normalized spacial score (nSPS) is 22.0. The highest BCUT2D eigenvalue weighted by Gasteiger charge is 2.32. The summed E-state index contributed by atoms with van der Waals surface area (Å²) in [7, 11) is 0. The van der Waals surface area contributed by atoms with Gasteiger partial charge in [-0.05, 0) is 33.8 Å². The monoisotopic (exact) mass is 180 g/mol. The molecule has 0 spiro atoms. The molecule has 0 aromatic carbocycles. The molecule has 2 rings (SSSR count). The van der Waals surface area contributed by atoms with E-state index in [0.29, 0.717) is 6.10 Å². The summed E-state index contributed by atoms with van der Waals surface area (Å²) in [4.78, 5) is 0. The predicted octanol–water partition coefficient (Wildman–Crippen LogP) is 2.02. The SMILES string of the molecule is Cc1cc([C@H]2CO2)n(C(C)(C)C)n1. The van der Waals surface area contributed by atoms with Crippen molar-refractivity contribution in [1.82, 2.24) is 9.78 Å². The van der Waals surface area contributed by atoms with Crippen LogP contribution < -0.4 is 0 Å². The molecule has 0 radical (unpaired) electrons. The number of hydrogen-bond acceptors (Lipinski definition) is 2. The van der Waals surface area contributed by atoms with E-state index in [1.54, 1.807) is 0 Å². The van der Waals surface area contributed by atoms with Crippen LogP contribution in [0.15, 0.2) is 6.07 Å². The first-order valence-electron chi connectivity index (χ1n) is 4.67. The highest BCUT2D eigenvalue weighted by atomic mass is 16.6. The summed E-state index contributed by atoms with van der Waals surface area (Å²) in [5, 5.41) is 4.48. The Hall–Kier alpha value is -0.830. The molecule has 3 heteroatoms. The molecule has 1 aromatic heterocycles. The molecule has 1 fully saturated rings. The lowest BCUT2D eigenvalue weighted by atomic mass is 10.1. The van der Waals surface area contributed by atoms with Gasteiger partial charge in [0.05, 0.1) is 23.5 Å². The Balaban J connectivity index is 2.42. The van der Waals surface area contributed by atoms with Gasteiger partial charge in [0.15, 0.2) is 0 Å². The average Bonchev–Trinajstić information content (AvgIpc) is 2.73. The third-order valence-corrected chi connectivity index (χ3v) is 2.16. The van der Waals surface area contributed by atoms with Gasteiger partial charge in [0, 0.05) is 0 Å². The minimum Gasteiger partial charge on any atom is -0.366 e. The molecule has 1 saturated heterocycles. The van der Waals surface area contributed by atoms with Gasteiger partial charge in [-0.15, -0.1) is 0 Å². The third kappa shape index (κ3) is 1.61. The van der Waals surface area contributed by atoms with E-state index in [2.05, 4.69) is 36.6 Å². The fraction of sp³-hybridized carbons (Fsp3) is 0.700. The van der Waals surface area contributed by atoms with Crippen molar-refractivity contribution in [2.45, 2.75) is 39.3 Å². The Kier molecular flexibility index (Phi) is 1.74. The molecular formula is C10H16N2O. The fourth-order valence-corrected chi connectivity index (χ4v) is 1.51. The van der Waals surface area contributed by atoms with Gasteiger partial charge in [-0.3, -0.25) is 4.68 Å². The third-order valence-electron chi connectivity index (χ3n) is 2.16. The molecule has 0 aliphatic carbocycles. The Bertz CT molecular complexity index is 318. The zero-order valence-electron chi connectivity index (χ0n) is 8.66. The summed E-state index contributed by atoms with van der Waals surface area (Å²) in [6, 6.07) is 2.11. The molecule has 13 heavy (non-hydrogen) atoms. The molecule has 2 heterocycles. The molecule has 0 N–H and O–H groups in total. The van der Waals surface area contributed by atoms with Crippen molar-refractivity contribution in [2.24, 2.45) is 0 Å². The van der Waals surface area contributed by atoms with Gasteiger partial charge in [-0.1, -0.05) is 0 Å². The van der Waals surface area contributed by atoms with Crippen molar-refractivity contribution < 1.29 is 4.74 Å². The van der Waals surface area contributed by atoms with Gasteiger partial charge in [-0.25, -0.2) is 0 Å². The van der Waals surface area contributed by atoms with Crippen molar-refractivity contribution >= 4 is 0 Å². The van der Waals surface area contributed by atoms with Crippen LogP contribution in [0, 0.1) is 6.92 Å². The Morgan fingerprint density at radius 3 is 2.62 bits per heavy atom. The van der Waals surface area contributed by atoms with Gasteiger partial charge in [0.2, 0.25) is 0 Å². The van der Waals surface area contributed by atoms with Crippen molar-refractivity contribution in [3.05, 3.63) is 17.5 Å². The molecule has 0 unspecified atom stereocenters. The van der Waals surface area contributed by atoms with Gasteiger partial charge >= 0.3 is 0 Å². The number of epoxide rings is 1. The van der Waals surface area contributed by atoms with Crippen LogP contribution in [0.1, 0.15) is 38.3 Å². The number of ether oxygens (including phenoxy) is 1. The molecule has 0 bridgehead atoms. The summed E-state index contributed by atoms with van der Waals surface area (Å²) in [6.45, 7) is 9.34. The molecule has 0 amide bonds. The maximum absolute atomic E-state index is 5.28. The Labute approximate surface area is 78.7 Å². The van der Waals surface area contributed by atoms with E-state index in [1.807, 2.05) is 6.92 Å². The van der Waals surface area contributed by atoms with Crippen LogP contribution in [-0.4, -0.2) is 16.4 Å². The van der Waals surface area contributed by atoms with Crippen LogP contribution in [0.3, 0.4) is 0 Å². The average molecular weight is 180 g/mol. The molecule has 1 aliphatic heterocycles. The predicted molar refractivity (Wildman–Crippen MR) is 50.7 cm³/mol. The van der Waals surface area contributed by atoms with Crippen molar-refractivity contribution in [3.8, 4) is 0 Å². The summed E-state index contributed by atoms with van der Waals surface area (Å²) in [5.41, 5.74) is 2.33. The lowest BCUT2D eigenvalue weighted by Crippen LogP contribution is -2.25. The minimum atomic E-state index is 0.0511. The number of rotatable bonds is 1. The van der Waals surface area contributed by atoms with Gasteiger partial charge in [0.1, 0.15) is 6.10 Å². The van der Waals surface area contributed by atoms with E-state index in [4.69, 9.17) is 4.74 Å². The molecule has 1 atom stereocenters. The number of aromatic nitrogens is 2. The van der Waals surface area contributed by atoms with Crippen molar-refractivity contribution in [3.63, 3.8) is 0 Å². The second-order valence-electron chi connectivity index (χ2n) is 4.62.